The molecule has 0 spiro atoms. The Kier molecular flexibility index (Phi) is 3.94. The van der Waals surface area contributed by atoms with Crippen molar-refractivity contribution in [2.24, 2.45) is 0 Å². The summed E-state index contributed by atoms with van der Waals surface area (Å²) in [6.07, 6.45) is 0.468. The Bertz CT molecular complexity index is 642. The van der Waals surface area contributed by atoms with Crippen LogP contribution >= 0.6 is 0 Å². The van der Waals surface area contributed by atoms with E-state index in [1.165, 1.54) is 0 Å². The molecule has 0 aromatic carbocycles. The summed E-state index contributed by atoms with van der Waals surface area (Å²) in [6, 6.07) is 0. The van der Waals surface area contributed by atoms with Crippen molar-refractivity contribution in [1.82, 2.24) is 10.2 Å². The molecule has 0 radical (unpaired) electrons. The van der Waals surface area contributed by atoms with Gasteiger partial charge in [-0.1, -0.05) is 0 Å². The predicted octanol–water partition coefficient (Wildman–Crippen LogP) is 0.417. The van der Waals surface area contributed by atoms with E-state index >= 15 is 0 Å². The van der Waals surface area contributed by atoms with E-state index in [0.717, 1.165) is 0 Å². The van der Waals surface area contributed by atoms with Crippen LogP contribution in [0.4, 0.5) is 5.82 Å². The second-order valence-electron chi connectivity index (χ2n) is 4.91. The average Bonchev–Trinajstić information content (AvgIpc) is 2.53. The zero-order valence-electron chi connectivity index (χ0n) is 11.5. The number of aromatic carboxylic acids is 1. The molecule has 1 fully saturated rings. The maximum atomic E-state index is 11.6. The van der Waals surface area contributed by atoms with Crippen LogP contribution in [0.5, 0.6) is 0 Å². The molecule has 0 aliphatic carbocycles. The molecular weight excluding hydrogens is 282 g/mol. The van der Waals surface area contributed by atoms with E-state index in [1.54, 1.807) is 18.7 Å². The number of anilines is 1. The monoisotopic (exact) mass is 299 g/mol. The molecule has 1 aromatic rings. The third-order valence-electron chi connectivity index (χ3n) is 3.51. The van der Waals surface area contributed by atoms with Crippen LogP contribution in [0.25, 0.3) is 0 Å². The van der Waals surface area contributed by atoms with Gasteiger partial charge in [-0.3, -0.25) is 0 Å². The third kappa shape index (κ3) is 2.90. The molecule has 7 nitrogen and oxygen atoms in total. The summed E-state index contributed by atoms with van der Waals surface area (Å²) >= 11 is 0. The molecule has 1 aliphatic heterocycles. The minimum absolute atomic E-state index is 0.0145. The molecule has 2 heterocycles. The highest BCUT2D eigenvalue weighted by Gasteiger charge is 2.26. The number of rotatable bonds is 2. The van der Waals surface area contributed by atoms with Crippen molar-refractivity contribution >= 4 is 21.6 Å². The minimum atomic E-state index is -3.05. The van der Waals surface area contributed by atoms with E-state index in [-0.39, 0.29) is 29.4 Å². The normalized spacial score (nSPS) is 18.6. The molecule has 1 aliphatic rings. The molecule has 1 N–H and O–H groups in total. The number of sulfone groups is 1. The van der Waals surface area contributed by atoms with Gasteiger partial charge in [0.05, 0.1) is 17.2 Å². The number of carboxylic acids is 1. The minimum Gasteiger partial charge on any atom is -0.478 e. The second kappa shape index (κ2) is 5.35. The first-order chi connectivity index (χ1) is 9.32. The highest BCUT2D eigenvalue weighted by atomic mass is 32.2. The maximum Gasteiger partial charge on any atom is 0.339 e. The lowest BCUT2D eigenvalue weighted by atomic mass is 10.1. The molecule has 1 aromatic heterocycles. The Hall–Kier alpha value is -1.70. The highest BCUT2D eigenvalue weighted by molar-refractivity contribution is 7.91. The molecule has 0 bridgehead atoms. The Balaban J connectivity index is 2.42. The van der Waals surface area contributed by atoms with E-state index in [2.05, 4.69) is 10.2 Å². The van der Waals surface area contributed by atoms with E-state index in [9.17, 15) is 18.3 Å². The quantitative estimate of drug-likeness (QED) is 0.844. The molecule has 8 heteroatoms. The van der Waals surface area contributed by atoms with Crippen LogP contribution in [-0.2, 0) is 9.84 Å². The van der Waals surface area contributed by atoms with Crippen molar-refractivity contribution in [3.63, 3.8) is 0 Å². The van der Waals surface area contributed by atoms with Crippen LogP contribution in [0.2, 0.25) is 0 Å². The number of hydrogen-bond donors (Lipinski definition) is 1. The predicted molar refractivity (Wildman–Crippen MR) is 73.9 cm³/mol. The first-order valence-electron chi connectivity index (χ1n) is 6.34. The molecule has 0 saturated carbocycles. The first-order valence-corrected chi connectivity index (χ1v) is 8.16. The van der Waals surface area contributed by atoms with Gasteiger partial charge in [0.1, 0.15) is 5.56 Å². The zero-order chi connectivity index (χ0) is 14.9. The SMILES string of the molecule is Cc1nnc(N2CCCS(=O)(=O)CC2)c(C(=O)O)c1C. The largest absolute Gasteiger partial charge is 0.478 e. The summed E-state index contributed by atoms with van der Waals surface area (Å²) in [7, 11) is -3.05. The molecular formula is C12H17N3O4S. The van der Waals surface area contributed by atoms with Gasteiger partial charge in [0, 0.05) is 13.1 Å². The number of carbonyl (C=O) groups is 1. The van der Waals surface area contributed by atoms with Gasteiger partial charge >= 0.3 is 5.97 Å². The fraction of sp³-hybridized carbons (Fsp3) is 0.583. The second-order valence-corrected chi connectivity index (χ2v) is 7.21. The number of nitrogens with zero attached hydrogens (tertiary/aromatic N) is 3. The summed E-state index contributed by atoms with van der Waals surface area (Å²) in [5.74, 6) is -0.662. The molecule has 0 unspecified atom stereocenters. The van der Waals surface area contributed by atoms with Crippen LogP contribution in [0, 0.1) is 13.8 Å². The molecule has 1 saturated heterocycles. The highest BCUT2D eigenvalue weighted by Crippen LogP contribution is 2.23. The van der Waals surface area contributed by atoms with Crippen molar-refractivity contribution in [2.75, 3.05) is 29.5 Å². The average molecular weight is 299 g/mol. The number of hydrogen-bond acceptors (Lipinski definition) is 6. The van der Waals surface area contributed by atoms with Crippen molar-refractivity contribution in [3.05, 3.63) is 16.8 Å². The van der Waals surface area contributed by atoms with Crippen molar-refractivity contribution in [1.29, 1.82) is 0 Å². The summed E-state index contributed by atoms with van der Waals surface area (Å²) in [6.45, 7) is 4.10. The molecule has 110 valence electrons. The van der Waals surface area contributed by atoms with Gasteiger partial charge < -0.3 is 10.0 Å². The van der Waals surface area contributed by atoms with E-state index < -0.39 is 15.8 Å². The van der Waals surface area contributed by atoms with Crippen molar-refractivity contribution in [3.8, 4) is 0 Å². The number of aromatic nitrogens is 2. The van der Waals surface area contributed by atoms with Crippen molar-refractivity contribution < 1.29 is 18.3 Å². The fourth-order valence-corrected chi connectivity index (χ4v) is 3.50. The Labute approximate surface area is 117 Å². The maximum absolute atomic E-state index is 11.6. The topological polar surface area (TPSA) is 100 Å². The molecule has 2 rings (SSSR count). The smallest absolute Gasteiger partial charge is 0.339 e. The summed E-state index contributed by atoms with van der Waals surface area (Å²) < 4.78 is 23.2. The van der Waals surface area contributed by atoms with E-state index in [4.69, 9.17) is 0 Å². The molecule has 20 heavy (non-hydrogen) atoms. The first kappa shape index (κ1) is 14.7. The zero-order valence-corrected chi connectivity index (χ0v) is 12.3. The Morgan fingerprint density at radius 2 is 1.90 bits per heavy atom. The lowest BCUT2D eigenvalue weighted by Gasteiger charge is -2.23. The lowest BCUT2D eigenvalue weighted by molar-refractivity contribution is 0.0696. The van der Waals surface area contributed by atoms with Gasteiger partial charge in [-0.2, -0.15) is 5.10 Å². The number of aryl methyl sites for hydroxylation is 1. The Morgan fingerprint density at radius 1 is 1.20 bits per heavy atom. The summed E-state index contributed by atoms with van der Waals surface area (Å²) in [5, 5.41) is 17.3. The standard InChI is InChI=1S/C12H17N3O4S/c1-8-9(2)13-14-11(10(8)12(16)17)15-4-3-6-20(18,19)7-5-15/h3-7H2,1-2H3,(H,16,17). The van der Waals surface area contributed by atoms with Crippen LogP contribution in [0.1, 0.15) is 28.0 Å². The van der Waals surface area contributed by atoms with Crippen LogP contribution in [0.3, 0.4) is 0 Å². The summed E-state index contributed by atoms with van der Waals surface area (Å²) in [4.78, 5) is 13.1. The van der Waals surface area contributed by atoms with Crippen molar-refractivity contribution in [2.45, 2.75) is 20.3 Å². The third-order valence-corrected chi connectivity index (χ3v) is 5.22. The van der Waals surface area contributed by atoms with Gasteiger partial charge in [-0.25, -0.2) is 13.2 Å². The van der Waals surface area contributed by atoms with Crippen LogP contribution in [0.15, 0.2) is 0 Å². The van der Waals surface area contributed by atoms with E-state index in [0.29, 0.717) is 24.2 Å². The summed E-state index contributed by atoms with van der Waals surface area (Å²) in [5.41, 5.74) is 1.24. The van der Waals surface area contributed by atoms with Crippen LogP contribution in [-0.4, -0.2) is 54.3 Å². The molecule has 0 amide bonds. The van der Waals surface area contributed by atoms with Gasteiger partial charge in [0.2, 0.25) is 0 Å². The van der Waals surface area contributed by atoms with Crippen LogP contribution < -0.4 is 4.90 Å². The van der Waals surface area contributed by atoms with Gasteiger partial charge in [0.25, 0.3) is 0 Å². The van der Waals surface area contributed by atoms with Gasteiger partial charge in [-0.15, -0.1) is 5.10 Å². The van der Waals surface area contributed by atoms with Gasteiger partial charge in [-0.05, 0) is 25.8 Å². The lowest BCUT2D eigenvalue weighted by Crippen LogP contribution is -2.30. The molecule has 0 atom stereocenters. The fourth-order valence-electron chi connectivity index (χ4n) is 2.22. The van der Waals surface area contributed by atoms with E-state index in [1.807, 2.05) is 0 Å². The Morgan fingerprint density at radius 3 is 2.55 bits per heavy atom. The number of carboxylic acid groups (broad SMARTS) is 1. The van der Waals surface area contributed by atoms with Gasteiger partial charge in [0.15, 0.2) is 15.7 Å².